The molecule has 15 heavy (non-hydrogen) atoms. The van der Waals surface area contributed by atoms with E-state index in [1.807, 2.05) is 24.3 Å². The summed E-state index contributed by atoms with van der Waals surface area (Å²) >= 11 is 0. The molecule has 0 saturated carbocycles. The zero-order valence-corrected chi connectivity index (χ0v) is 8.84. The van der Waals surface area contributed by atoms with Gasteiger partial charge < -0.3 is 22.9 Å². The molecule has 80 valence electrons. The molecule has 4 nitrogen and oxygen atoms in total. The number of hydrogen-bond acceptors (Lipinski definition) is 4. The SMILES string of the molecule is Cl.Nc1c(N)c(N)c2ccccc2c1N. The highest BCUT2D eigenvalue weighted by Crippen LogP contribution is 2.37. The molecule has 0 aliphatic carbocycles. The average Bonchev–Trinajstić information content (AvgIpc) is 2.23. The molecule has 0 aromatic heterocycles. The first kappa shape index (κ1) is 11.3. The number of benzene rings is 2. The van der Waals surface area contributed by atoms with Gasteiger partial charge in [0.25, 0.3) is 0 Å². The lowest BCUT2D eigenvalue weighted by molar-refractivity contribution is 1.67. The third-order valence-electron chi connectivity index (χ3n) is 2.38. The zero-order chi connectivity index (χ0) is 10.3. The van der Waals surface area contributed by atoms with E-state index in [4.69, 9.17) is 22.9 Å². The molecule has 0 amide bonds. The molecular formula is C10H13ClN4. The maximum atomic E-state index is 5.83. The van der Waals surface area contributed by atoms with Gasteiger partial charge in [-0.25, -0.2) is 0 Å². The van der Waals surface area contributed by atoms with Crippen molar-refractivity contribution in [2.24, 2.45) is 0 Å². The van der Waals surface area contributed by atoms with Crippen LogP contribution in [0.4, 0.5) is 22.7 Å². The van der Waals surface area contributed by atoms with Crippen LogP contribution in [0, 0.1) is 0 Å². The molecule has 2 aromatic rings. The van der Waals surface area contributed by atoms with Crippen LogP contribution in [0.15, 0.2) is 24.3 Å². The van der Waals surface area contributed by atoms with Crippen LogP contribution in [-0.4, -0.2) is 0 Å². The van der Waals surface area contributed by atoms with Crippen LogP contribution in [0.3, 0.4) is 0 Å². The van der Waals surface area contributed by atoms with E-state index < -0.39 is 0 Å². The summed E-state index contributed by atoms with van der Waals surface area (Å²) in [6.45, 7) is 0. The Kier molecular flexibility index (Phi) is 2.81. The molecule has 2 rings (SSSR count). The maximum absolute atomic E-state index is 5.83. The van der Waals surface area contributed by atoms with Gasteiger partial charge in [-0.1, -0.05) is 24.3 Å². The number of rotatable bonds is 0. The summed E-state index contributed by atoms with van der Waals surface area (Å²) < 4.78 is 0. The van der Waals surface area contributed by atoms with Gasteiger partial charge in [-0.15, -0.1) is 12.4 Å². The molecule has 0 atom stereocenters. The van der Waals surface area contributed by atoms with Gasteiger partial charge in [0.15, 0.2) is 0 Å². The topological polar surface area (TPSA) is 104 Å². The monoisotopic (exact) mass is 224 g/mol. The number of hydrogen-bond donors (Lipinski definition) is 4. The second-order valence-electron chi connectivity index (χ2n) is 3.20. The Hall–Kier alpha value is -1.81. The first-order valence-corrected chi connectivity index (χ1v) is 4.23. The Labute approximate surface area is 93.6 Å². The molecular weight excluding hydrogens is 212 g/mol. The van der Waals surface area contributed by atoms with E-state index in [-0.39, 0.29) is 12.4 Å². The molecule has 0 unspecified atom stereocenters. The molecule has 2 aromatic carbocycles. The van der Waals surface area contributed by atoms with Crippen molar-refractivity contribution in [1.82, 2.24) is 0 Å². The molecule has 0 aliphatic heterocycles. The molecule has 5 heteroatoms. The summed E-state index contributed by atoms with van der Waals surface area (Å²) in [5, 5.41) is 1.69. The van der Waals surface area contributed by atoms with Crippen molar-refractivity contribution in [2.75, 3.05) is 22.9 Å². The predicted octanol–water partition coefficient (Wildman–Crippen LogP) is 1.59. The Morgan fingerprint density at radius 2 is 0.933 bits per heavy atom. The second-order valence-corrected chi connectivity index (χ2v) is 3.20. The third kappa shape index (κ3) is 1.49. The molecule has 0 aliphatic rings. The van der Waals surface area contributed by atoms with Crippen LogP contribution in [0.2, 0.25) is 0 Å². The van der Waals surface area contributed by atoms with Crippen molar-refractivity contribution in [3.05, 3.63) is 24.3 Å². The molecule has 0 radical (unpaired) electrons. The van der Waals surface area contributed by atoms with Gasteiger partial charge in [-0.2, -0.15) is 0 Å². The van der Waals surface area contributed by atoms with Crippen LogP contribution in [0.25, 0.3) is 10.8 Å². The number of nitrogen functional groups attached to an aromatic ring is 4. The van der Waals surface area contributed by atoms with Crippen molar-refractivity contribution in [3.63, 3.8) is 0 Å². The first-order valence-electron chi connectivity index (χ1n) is 4.23. The van der Waals surface area contributed by atoms with Crippen LogP contribution in [-0.2, 0) is 0 Å². The van der Waals surface area contributed by atoms with Crippen molar-refractivity contribution in [3.8, 4) is 0 Å². The summed E-state index contributed by atoms with van der Waals surface area (Å²) in [6, 6.07) is 7.51. The van der Waals surface area contributed by atoms with E-state index >= 15 is 0 Å². The third-order valence-corrected chi connectivity index (χ3v) is 2.38. The summed E-state index contributed by atoms with van der Waals surface area (Å²) in [4.78, 5) is 0. The van der Waals surface area contributed by atoms with E-state index in [2.05, 4.69) is 0 Å². The molecule has 0 heterocycles. The lowest BCUT2D eigenvalue weighted by atomic mass is 10.0. The van der Waals surface area contributed by atoms with E-state index in [1.165, 1.54) is 0 Å². The van der Waals surface area contributed by atoms with E-state index in [0.29, 0.717) is 22.7 Å². The highest BCUT2D eigenvalue weighted by molar-refractivity contribution is 6.11. The minimum Gasteiger partial charge on any atom is -0.396 e. The minimum atomic E-state index is 0. The van der Waals surface area contributed by atoms with Crippen LogP contribution < -0.4 is 22.9 Å². The highest BCUT2D eigenvalue weighted by Gasteiger charge is 2.10. The Morgan fingerprint density at radius 3 is 1.27 bits per heavy atom. The normalized spacial score (nSPS) is 9.87. The molecule has 0 bridgehead atoms. The van der Waals surface area contributed by atoms with E-state index in [1.54, 1.807) is 0 Å². The van der Waals surface area contributed by atoms with Crippen LogP contribution >= 0.6 is 12.4 Å². The van der Waals surface area contributed by atoms with Crippen molar-refractivity contribution < 1.29 is 0 Å². The van der Waals surface area contributed by atoms with Crippen molar-refractivity contribution in [2.45, 2.75) is 0 Å². The first-order chi connectivity index (χ1) is 6.63. The summed E-state index contributed by atoms with van der Waals surface area (Å²) in [5.41, 5.74) is 24.8. The lowest BCUT2D eigenvalue weighted by Crippen LogP contribution is -2.04. The Balaban J connectivity index is 0.00000112. The fourth-order valence-corrected chi connectivity index (χ4v) is 1.53. The number of anilines is 4. The quantitative estimate of drug-likeness (QED) is 0.510. The van der Waals surface area contributed by atoms with Gasteiger partial charge in [-0.3, -0.25) is 0 Å². The summed E-state index contributed by atoms with van der Waals surface area (Å²) in [6.07, 6.45) is 0. The molecule has 8 N–H and O–H groups in total. The van der Waals surface area contributed by atoms with Gasteiger partial charge in [0.1, 0.15) is 0 Å². The largest absolute Gasteiger partial charge is 0.396 e. The van der Waals surface area contributed by atoms with E-state index in [0.717, 1.165) is 10.8 Å². The smallest absolute Gasteiger partial charge is 0.0809 e. The van der Waals surface area contributed by atoms with Crippen molar-refractivity contribution in [1.29, 1.82) is 0 Å². The Morgan fingerprint density at radius 1 is 0.600 bits per heavy atom. The summed E-state index contributed by atoms with van der Waals surface area (Å²) in [5.74, 6) is 0. The lowest BCUT2D eigenvalue weighted by Gasteiger charge is -2.11. The highest BCUT2D eigenvalue weighted by atomic mass is 35.5. The van der Waals surface area contributed by atoms with Crippen LogP contribution in [0.1, 0.15) is 0 Å². The standard InChI is InChI=1S/C10H12N4.ClH/c11-7-5-3-1-2-4-6(5)8(12)10(14)9(7)13;/h1-4H,11-14H2;1H. The predicted molar refractivity (Wildman–Crippen MR) is 68.8 cm³/mol. The van der Waals surface area contributed by atoms with E-state index in [9.17, 15) is 0 Å². The fourth-order valence-electron chi connectivity index (χ4n) is 1.53. The zero-order valence-electron chi connectivity index (χ0n) is 8.03. The second kappa shape index (κ2) is 3.74. The van der Waals surface area contributed by atoms with Gasteiger partial charge in [-0.05, 0) is 0 Å². The number of nitrogens with two attached hydrogens (primary N) is 4. The van der Waals surface area contributed by atoms with Gasteiger partial charge in [0.05, 0.1) is 22.7 Å². The average molecular weight is 225 g/mol. The Bertz CT molecular complexity index is 464. The minimum absolute atomic E-state index is 0. The van der Waals surface area contributed by atoms with Crippen LogP contribution in [0.5, 0.6) is 0 Å². The van der Waals surface area contributed by atoms with Gasteiger partial charge in [0, 0.05) is 10.8 Å². The molecule has 0 fully saturated rings. The number of fused-ring (bicyclic) bond motifs is 1. The fraction of sp³-hybridized carbons (Fsp3) is 0. The van der Waals surface area contributed by atoms with Gasteiger partial charge in [0.2, 0.25) is 0 Å². The van der Waals surface area contributed by atoms with Gasteiger partial charge >= 0.3 is 0 Å². The van der Waals surface area contributed by atoms with Crippen molar-refractivity contribution >= 4 is 45.9 Å². The molecule has 0 spiro atoms. The maximum Gasteiger partial charge on any atom is 0.0809 e. The molecule has 0 saturated heterocycles. The summed E-state index contributed by atoms with van der Waals surface area (Å²) in [7, 11) is 0. The number of halogens is 1.